The summed E-state index contributed by atoms with van der Waals surface area (Å²) in [6.07, 6.45) is 9.06. The first kappa shape index (κ1) is 26.9. The maximum atomic E-state index is 12.5. The summed E-state index contributed by atoms with van der Waals surface area (Å²) in [5, 5.41) is 9.49. The molecule has 0 atom stereocenters. The number of carbonyl (C=O) groups is 2. The third kappa shape index (κ3) is 6.06. The minimum absolute atomic E-state index is 0.0186. The van der Waals surface area contributed by atoms with E-state index in [0.29, 0.717) is 28.8 Å². The summed E-state index contributed by atoms with van der Waals surface area (Å²) in [6.45, 7) is 1.64. The Bertz CT molecular complexity index is 1530. The van der Waals surface area contributed by atoms with Crippen LogP contribution < -0.4 is 9.47 Å². The number of amides is 1. The molecule has 3 aromatic carbocycles. The van der Waals surface area contributed by atoms with Crippen LogP contribution in [-0.2, 0) is 4.79 Å². The number of fused-ring (bicyclic) bond motifs is 1. The average Bonchev–Trinajstić information content (AvgIpc) is 3.40. The van der Waals surface area contributed by atoms with Crippen molar-refractivity contribution in [3.63, 3.8) is 0 Å². The van der Waals surface area contributed by atoms with Crippen LogP contribution in [0, 0.1) is 0 Å². The van der Waals surface area contributed by atoms with Crippen LogP contribution in [0.2, 0.25) is 0 Å². The lowest BCUT2D eigenvalue weighted by Gasteiger charge is -2.26. The number of likely N-dealkylation sites (tertiary alicyclic amines) is 1. The first-order valence-corrected chi connectivity index (χ1v) is 14.6. The lowest BCUT2D eigenvalue weighted by atomic mass is 9.95. The van der Waals surface area contributed by atoms with E-state index in [1.807, 2.05) is 53.4 Å². The van der Waals surface area contributed by atoms with Gasteiger partial charge in [-0.25, -0.2) is 9.78 Å². The lowest BCUT2D eigenvalue weighted by Crippen LogP contribution is -2.38. The van der Waals surface area contributed by atoms with Crippen LogP contribution in [0.5, 0.6) is 17.2 Å². The van der Waals surface area contributed by atoms with Gasteiger partial charge in [0.2, 0.25) is 0 Å². The van der Waals surface area contributed by atoms with Gasteiger partial charge in [0, 0.05) is 30.8 Å². The fraction of sp³-hybridized carbons (Fsp3) is 0.364. The Morgan fingerprint density at radius 2 is 1.56 bits per heavy atom. The summed E-state index contributed by atoms with van der Waals surface area (Å²) in [5.41, 5.74) is 2.85. The molecule has 1 aromatic heterocycles. The van der Waals surface area contributed by atoms with Crippen molar-refractivity contribution in [1.82, 2.24) is 14.5 Å². The van der Waals surface area contributed by atoms with E-state index in [2.05, 4.69) is 4.57 Å². The summed E-state index contributed by atoms with van der Waals surface area (Å²) in [6, 6.07) is 20.7. The second kappa shape index (κ2) is 12.0. The quantitative estimate of drug-likeness (QED) is 0.250. The number of piperidine rings is 1. The second-order valence-electron chi connectivity index (χ2n) is 10.9. The fourth-order valence-corrected chi connectivity index (χ4v) is 5.96. The van der Waals surface area contributed by atoms with Gasteiger partial charge < -0.3 is 24.0 Å². The molecule has 0 unspecified atom stereocenters. The first-order chi connectivity index (χ1) is 20.0. The van der Waals surface area contributed by atoms with Gasteiger partial charge in [-0.1, -0.05) is 25.3 Å². The number of hydrogen-bond donors (Lipinski definition) is 1. The summed E-state index contributed by atoms with van der Waals surface area (Å²) >= 11 is 0. The van der Waals surface area contributed by atoms with Gasteiger partial charge in [0.25, 0.3) is 5.91 Å². The molecule has 4 aromatic rings. The largest absolute Gasteiger partial charge is 0.484 e. The van der Waals surface area contributed by atoms with E-state index >= 15 is 0 Å². The predicted octanol–water partition coefficient (Wildman–Crippen LogP) is 7.09. The van der Waals surface area contributed by atoms with Crippen LogP contribution in [0.1, 0.15) is 67.8 Å². The van der Waals surface area contributed by atoms with Crippen LogP contribution in [0.15, 0.2) is 66.7 Å². The molecule has 8 heteroatoms. The van der Waals surface area contributed by atoms with Crippen molar-refractivity contribution < 1.29 is 24.2 Å². The van der Waals surface area contributed by atoms with Gasteiger partial charge in [-0.2, -0.15) is 0 Å². The zero-order chi connectivity index (χ0) is 28.2. The molecule has 6 rings (SSSR count). The Balaban J connectivity index is 1.19. The number of hydrogen-bond acceptors (Lipinski definition) is 5. The summed E-state index contributed by atoms with van der Waals surface area (Å²) in [4.78, 5) is 30.8. The number of ether oxygens (including phenoxy) is 2. The minimum Gasteiger partial charge on any atom is -0.484 e. The van der Waals surface area contributed by atoms with Crippen molar-refractivity contribution >= 4 is 22.9 Å². The van der Waals surface area contributed by atoms with Crippen molar-refractivity contribution in [1.29, 1.82) is 0 Å². The highest BCUT2D eigenvalue weighted by Crippen LogP contribution is 2.37. The number of carboxylic acid groups (broad SMARTS) is 1. The van der Waals surface area contributed by atoms with Crippen molar-refractivity contribution in [2.45, 2.75) is 57.4 Å². The van der Waals surface area contributed by atoms with E-state index < -0.39 is 5.97 Å². The topological polar surface area (TPSA) is 93.9 Å². The number of aromatic carboxylic acids is 1. The molecule has 1 N–H and O–H groups in total. The van der Waals surface area contributed by atoms with E-state index in [0.717, 1.165) is 55.7 Å². The van der Waals surface area contributed by atoms with Crippen LogP contribution in [0.25, 0.3) is 22.4 Å². The normalized spacial score (nSPS) is 16.0. The van der Waals surface area contributed by atoms with Gasteiger partial charge in [-0.3, -0.25) is 4.79 Å². The molecule has 41 heavy (non-hydrogen) atoms. The molecule has 1 amide bonds. The van der Waals surface area contributed by atoms with Crippen molar-refractivity contribution in [2.75, 3.05) is 19.7 Å². The molecule has 0 radical (unpaired) electrons. The average molecular weight is 554 g/mol. The number of nitrogens with zero attached hydrogens (tertiary/aromatic N) is 3. The van der Waals surface area contributed by atoms with Gasteiger partial charge in [0.1, 0.15) is 23.1 Å². The van der Waals surface area contributed by atoms with Gasteiger partial charge in [-0.05, 0) is 86.7 Å². The Morgan fingerprint density at radius 1 is 0.829 bits per heavy atom. The lowest BCUT2D eigenvalue weighted by molar-refractivity contribution is -0.134. The molecule has 1 saturated carbocycles. The molecule has 1 aliphatic heterocycles. The Labute approximate surface area is 239 Å². The fourth-order valence-electron chi connectivity index (χ4n) is 5.96. The highest BCUT2D eigenvalue weighted by atomic mass is 16.5. The SMILES string of the molecule is O=C(O)c1ccc2c(c1)nc(-c1ccc(Oc3cccc(OCC(=O)N4CCCCC4)c3)cc1)n2C1CCCCC1. The smallest absolute Gasteiger partial charge is 0.335 e. The number of carboxylic acids is 1. The van der Waals surface area contributed by atoms with Gasteiger partial charge in [-0.15, -0.1) is 0 Å². The van der Waals surface area contributed by atoms with Crippen molar-refractivity contribution in [3.05, 3.63) is 72.3 Å². The molecular weight excluding hydrogens is 518 g/mol. The zero-order valence-corrected chi connectivity index (χ0v) is 23.1. The molecule has 212 valence electrons. The predicted molar refractivity (Wildman–Crippen MR) is 157 cm³/mol. The van der Waals surface area contributed by atoms with E-state index in [9.17, 15) is 14.7 Å². The molecule has 0 bridgehead atoms. The molecule has 1 saturated heterocycles. The first-order valence-electron chi connectivity index (χ1n) is 14.6. The Hall–Kier alpha value is -4.33. The van der Waals surface area contributed by atoms with Crippen LogP contribution in [-0.4, -0.2) is 51.1 Å². The van der Waals surface area contributed by atoms with Gasteiger partial charge in [0.15, 0.2) is 6.61 Å². The molecule has 2 heterocycles. The second-order valence-corrected chi connectivity index (χ2v) is 10.9. The molecular formula is C33H35N3O5. The highest BCUT2D eigenvalue weighted by molar-refractivity contribution is 5.93. The van der Waals surface area contributed by atoms with Gasteiger partial charge in [0.05, 0.1) is 16.6 Å². The van der Waals surface area contributed by atoms with Crippen LogP contribution in [0.3, 0.4) is 0 Å². The minimum atomic E-state index is -0.953. The summed E-state index contributed by atoms with van der Waals surface area (Å²) in [5.74, 6) is 1.79. The number of benzene rings is 3. The van der Waals surface area contributed by atoms with Crippen molar-refractivity contribution in [3.8, 4) is 28.6 Å². The maximum absolute atomic E-state index is 12.5. The molecule has 8 nitrogen and oxygen atoms in total. The third-order valence-corrected chi connectivity index (χ3v) is 8.10. The molecule has 1 aliphatic carbocycles. The third-order valence-electron chi connectivity index (χ3n) is 8.10. The van der Waals surface area contributed by atoms with Crippen molar-refractivity contribution in [2.24, 2.45) is 0 Å². The molecule has 2 aliphatic rings. The number of rotatable bonds is 8. The van der Waals surface area contributed by atoms with E-state index in [1.54, 1.807) is 18.2 Å². The van der Waals surface area contributed by atoms with E-state index in [1.165, 1.54) is 25.7 Å². The number of aromatic nitrogens is 2. The molecule has 0 spiro atoms. The summed E-state index contributed by atoms with van der Waals surface area (Å²) in [7, 11) is 0. The van der Waals surface area contributed by atoms with E-state index in [-0.39, 0.29) is 18.1 Å². The van der Waals surface area contributed by atoms with E-state index in [4.69, 9.17) is 14.5 Å². The van der Waals surface area contributed by atoms with Crippen LogP contribution in [0.4, 0.5) is 0 Å². The van der Waals surface area contributed by atoms with Crippen LogP contribution >= 0.6 is 0 Å². The maximum Gasteiger partial charge on any atom is 0.335 e. The number of carbonyl (C=O) groups excluding carboxylic acids is 1. The Kier molecular flexibility index (Phi) is 7.89. The molecule has 2 fully saturated rings. The van der Waals surface area contributed by atoms with Gasteiger partial charge >= 0.3 is 5.97 Å². The standard InChI is InChI=1S/C33H35N3O5/c37-31(35-18-5-2-6-19-35)22-40-27-10-7-11-28(21-27)41-26-15-12-23(13-16-26)32-34-29-20-24(33(38)39)14-17-30(29)36(32)25-8-3-1-4-9-25/h7,10-17,20-21,25H,1-6,8-9,18-19,22H2,(H,38,39). The number of imidazole rings is 1. The Morgan fingerprint density at radius 3 is 2.32 bits per heavy atom. The monoisotopic (exact) mass is 553 g/mol. The highest BCUT2D eigenvalue weighted by Gasteiger charge is 2.23. The zero-order valence-electron chi connectivity index (χ0n) is 23.1. The summed E-state index contributed by atoms with van der Waals surface area (Å²) < 4.78 is 14.2.